The van der Waals surface area contributed by atoms with Crippen molar-refractivity contribution in [3.05, 3.63) is 62.6 Å². The summed E-state index contributed by atoms with van der Waals surface area (Å²) in [6.07, 6.45) is 0.659. The first-order chi connectivity index (χ1) is 13.7. The van der Waals surface area contributed by atoms with Gasteiger partial charge in [0.05, 0.1) is 47.8 Å². The zero-order valence-corrected chi connectivity index (χ0v) is 17.8. The fourth-order valence-electron chi connectivity index (χ4n) is 3.60. The molecule has 0 bridgehead atoms. The van der Waals surface area contributed by atoms with Crippen LogP contribution in [0.3, 0.4) is 0 Å². The number of amides is 1. The predicted octanol–water partition coefficient (Wildman–Crippen LogP) is 2.01. The second-order valence-corrected chi connectivity index (χ2v) is 8.68. The third-order valence-corrected chi connectivity index (χ3v) is 6.01. The quantitative estimate of drug-likeness (QED) is 0.675. The Bertz CT molecular complexity index is 983. The van der Waals surface area contributed by atoms with Gasteiger partial charge in [-0.05, 0) is 19.9 Å². The first-order valence-electron chi connectivity index (χ1n) is 9.48. The number of halogens is 1. The molecule has 1 aromatic heterocycles. The van der Waals surface area contributed by atoms with Crippen LogP contribution in [0.1, 0.15) is 38.4 Å². The van der Waals surface area contributed by atoms with E-state index in [-0.39, 0.29) is 11.1 Å². The molecule has 8 heteroatoms. The SMILES string of the molecule is Cc1nc(C)c(C(=O)C2=C(O)C(=O)N(CCC[NH+](C)C)[C@@H]2c2ccccc2F)s1. The second-order valence-electron chi connectivity index (χ2n) is 7.47. The van der Waals surface area contributed by atoms with Crippen LogP contribution < -0.4 is 4.90 Å². The Morgan fingerprint density at radius 2 is 2.00 bits per heavy atom. The Morgan fingerprint density at radius 3 is 2.59 bits per heavy atom. The molecule has 6 nitrogen and oxygen atoms in total. The van der Waals surface area contributed by atoms with Crippen molar-refractivity contribution in [3.63, 3.8) is 0 Å². The van der Waals surface area contributed by atoms with Crippen molar-refractivity contribution < 1.29 is 24.0 Å². The highest BCUT2D eigenvalue weighted by Crippen LogP contribution is 2.40. The number of quaternary nitrogens is 1. The van der Waals surface area contributed by atoms with Gasteiger partial charge in [0.2, 0.25) is 5.78 Å². The maximum atomic E-state index is 14.7. The summed E-state index contributed by atoms with van der Waals surface area (Å²) in [6.45, 7) is 4.60. The molecule has 0 saturated carbocycles. The minimum atomic E-state index is -0.963. The zero-order chi connectivity index (χ0) is 21.3. The smallest absolute Gasteiger partial charge is 0.290 e. The highest BCUT2D eigenvalue weighted by Gasteiger charge is 2.45. The van der Waals surface area contributed by atoms with Gasteiger partial charge in [-0.1, -0.05) is 18.2 Å². The summed E-state index contributed by atoms with van der Waals surface area (Å²) in [5.74, 6) is -2.25. The lowest BCUT2D eigenvalue weighted by Gasteiger charge is -2.27. The van der Waals surface area contributed by atoms with Gasteiger partial charge in [0.15, 0.2) is 5.76 Å². The molecule has 0 aliphatic carbocycles. The topological polar surface area (TPSA) is 74.9 Å². The van der Waals surface area contributed by atoms with Gasteiger partial charge >= 0.3 is 0 Å². The number of ketones is 1. The molecule has 0 unspecified atom stereocenters. The van der Waals surface area contributed by atoms with Crippen LogP contribution in [0.5, 0.6) is 0 Å². The van der Waals surface area contributed by atoms with Gasteiger partial charge in [0, 0.05) is 18.5 Å². The number of hydrogen-bond acceptors (Lipinski definition) is 5. The summed E-state index contributed by atoms with van der Waals surface area (Å²) in [5, 5.41) is 11.3. The predicted molar refractivity (Wildman–Crippen MR) is 109 cm³/mol. The summed E-state index contributed by atoms with van der Waals surface area (Å²) < 4.78 is 14.7. The number of carbonyl (C=O) groups is 2. The lowest BCUT2D eigenvalue weighted by Crippen LogP contribution is -3.05. The summed E-state index contributed by atoms with van der Waals surface area (Å²) in [5.41, 5.74) is 0.653. The largest absolute Gasteiger partial charge is 0.503 e. The van der Waals surface area contributed by atoms with Crippen LogP contribution in [0.25, 0.3) is 0 Å². The van der Waals surface area contributed by atoms with Gasteiger partial charge < -0.3 is 14.9 Å². The lowest BCUT2D eigenvalue weighted by molar-refractivity contribution is -0.858. The van der Waals surface area contributed by atoms with E-state index in [1.807, 2.05) is 14.1 Å². The number of rotatable bonds is 7. The van der Waals surface area contributed by atoms with E-state index in [0.29, 0.717) is 28.5 Å². The monoisotopic (exact) mass is 418 g/mol. The molecule has 0 fully saturated rings. The normalized spacial score (nSPS) is 17.0. The Labute approximate surface area is 173 Å². The van der Waals surface area contributed by atoms with E-state index in [0.717, 1.165) is 6.54 Å². The number of thiazole rings is 1. The molecule has 0 saturated heterocycles. The molecule has 2 N–H and O–H groups in total. The number of hydrogen-bond donors (Lipinski definition) is 2. The number of aliphatic hydroxyl groups is 1. The minimum absolute atomic E-state index is 0.0796. The molecule has 1 atom stereocenters. The molecular weight excluding hydrogens is 393 g/mol. The highest BCUT2D eigenvalue weighted by molar-refractivity contribution is 7.14. The van der Waals surface area contributed by atoms with Gasteiger partial charge in [0.1, 0.15) is 5.82 Å². The highest BCUT2D eigenvalue weighted by atomic mass is 32.1. The average molecular weight is 419 g/mol. The van der Waals surface area contributed by atoms with E-state index in [4.69, 9.17) is 0 Å². The van der Waals surface area contributed by atoms with E-state index in [1.165, 1.54) is 27.2 Å². The molecule has 1 aromatic carbocycles. The van der Waals surface area contributed by atoms with Crippen LogP contribution in [0.2, 0.25) is 0 Å². The summed E-state index contributed by atoms with van der Waals surface area (Å²) in [7, 11) is 4.00. The maximum absolute atomic E-state index is 14.7. The van der Waals surface area contributed by atoms with Crippen LogP contribution in [0, 0.1) is 19.7 Å². The van der Waals surface area contributed by atoms with Crippen LogP contribution >= 0.6 is 11.3 Å². The van der Waals surface area contributed by atoms with Gasteiger partial charge in [0.25, 0.3) is 5.91 Å². The van der Waals surface area contributed by atoms with Crippen molar-refractivity contribution >= 4 is 23.0 Å². The Morgan fingerprint density at radius 1 is 1.31 bits per heavy atom. The maximum Gasteiger partial charge on any atom is 0.290 e. The number of nitrogens with one attached hydrogen (secondary N) is 1. The van der Waals surface area contributed by atoms with Gasteiger partial charge in [-0.25, -0.2) is 9.37 Å². The molecule has 0 radical (unpaired) electrons. The second kappa shape index (κ2) is 8.42. The van der Waals surface area contributed by atoms with Crippen molar-refractivity contribution in [2.75, 3.05) is 27.2 Å². The molecule has 154 valence electrons. The standard InChI is InChI=1S/C21H24FN3O3S/c1-12-20(29-13(2)23-12)18(26)16-17(14-8-5-6-9-15(14)22)25(21(28)19(16)27)11-7-10-24(3)4/h5-6,8-9,17,27H,7,10-11H2,1-4H3/p+1/t17-/m1/s1. The first kappa shape index (κ1) is 21.1. The van der Waals surface area contributed by atoms with E-state index in [2.05, 4.69) is 4.98 Å². The number of aliphatic hydroxyl groups excluding tert-OH is 1. The summed E-state index contributed by atoms with van der Waals surface area (Å²) >= 11 is 1.20. The van der Waals surface area contributed by atoms with Crippen LogP contribution in [0.4, 0.5) is 4.39 Å². The Hall–Kier alpha value is -2.58. The summed E-state index contributed by atoms with van der Waals surface area (Å²) in [4.78, 5) is 33.4. The molecule has 1 aliphatic rings. The molecule has 1 aliphatic heterocycles. The van der Waals surface area contributed by atoms with Crippen molar-refractivity contribution in [2.45, 2.75) is 26.3 Å². The van der Waals surface area contributed by atoms with Crippen molar-refractivity contribution in [3.8, 4) is 0 Å². The molecule has 1 amide bonds. The van der Waals surface area contributed by atoms with Gasteiger partial charge in [-0.2, -0.15) is 0 Å². The fourth-order valence-corrected chi connectivity index (χ4v) is 4.48. The van der Waals surface area contributed by atoms with Gasteiger partial charge in [-0.15, -0.1) is 11.3 Å². The van der Waals surface area contributed by atoms with Crippen molar-refractivity contribution in [2.24, 2.45) is 0 Å². The molecule has 3 rings (SSSR count). The number of benzene rings is 1. The number of nitrogens with zero attached hydrogens (tertiary/aromatic N) is 2. The number of carbonyl (C=O) groups excluding carboxylic acids is 2. The molecule has 2 aromatic rings. The third kappa shape index (κ3) is 4.09. The van der Waals surface area contributed by atoms with Gasteiger partial charge in [-0.3, -0.25) is 9.59 Å². The Kier molecular flexibility index (Phi) is 6.14. The molecule has 0 spiro atoms. The summed E-state index contributed by atoms with van der Waals surface area (Å²) in [6, 6.07) is 5.09. The Balaban J connectivity index is 2.06. The van der Waals surface area contributed by atoms with Crippen molar-refractivity contribution in [1.29, 1.82) is 0 Å². The number of Topliss-reactive ketones (excluding diaryl/α,β-unsaturated/α-hetero) is 1. The lowest BCUT2D eigenvalue weighted by atomic mass is 9.94. The number of aromatic nitrogens is 1. The van der Waals surface area contributed by atoms with Crippen LogP contribution in [-0.4, -0.2) is 53.9 Å². The fraction of sp³-hybridized carbons (Fsp3) is 0.381. The molecular formula is C21H25FN3O3S+. The van der Waals surface area contributed by atoms with E-state index in [9.17, 15) is 19.1 Å². The van der Waals surface area contributed by atoms with Crippen LogP contribution in [0.15, 0.2) is 35.6 Å². The number of aryl methyl sites for hydroxylation is 2. The molecule has 29 heavy (non-hydrogen) atoms. The van der Waals surface area contributed by atoms with E-state index >= 15 is 0 Å². The average Bonchev–Trinajstić information content (AvgIpc) is 3.12. The first-order valence-corrected chi connectivity index (χ1v) is 10.3. The molecule has 2 heterocycles. The van der Waals surface area contributed by atoms with E-state index in [1.54, 1.807) is 32.0 Å². The van der Waals surface area contributed by atoms with E-state index < -0.39 is 29.3 Å². The van der Waals surface area contributed by atoms with Crippen LogP contribution in [-0.2, 0) is 4.79 Å². The van der Waals surface area contributed by atoms with Crippen molar-refractivity contribution in [1.82, 2.24) is 9.88 Å². The minimum Gasteiger partial charge on any atom is -0.503 e. The zero-order valence-electron chi connectivity index (χ0n) is 17.0. The third-order valence-electron chi connectivity index (χ3n) is 4.93.